The number of imide groups is 2. The number of hydrogen-bond acceptors (Lipinski definition) is 5. The molecule has 200 valence electrons. The van der Waals surface area contributed by atoms with Crippen molar-refractivity contribution < 1.29 is 28.2 Å². The van der Waals surface area contributed by atoms with E-state index in [4.69, 9.17) is 21.1 Å². The van der Waals surface area contributed by atoms with Gasteiger partial charge in [0.1, 0.15) is 36.1 Å². The highest BCUT2D eigenvalue weighted by atomic mass is 35.5. The maximum absolute atomic E-state index is 13.4. The Morgan fingerprint density at radius 1 is 0.800 bits per heavy atom. The van der Waals surface area contributed by atoms with E-state index in [-0.39, 0.29) is 30.3 Å². The molecule has 4 aromatic carbocycles. The number of halogens is 2. The smallest absolute Gasteiger partial charge is 0.335 e. The average Bonchev–Trinajstić information content (AvgIpc) is 2.95. The van der Waals surface area contributed by atoms with Gasteiger partial charge in [0.25, 0.3) is 11.8 Å². The van der Waals surface area contributed by atoms with Crippen molar-refractivity contribution in [3.05, 3.63) is 130 Å². The molecular weight excluding hydrogens is 535 g/mol. The zero-order valence-corrected chi connectivity index (χ0v) is 21.7. The molecule has 0 saturated carbocycles. The van der Waals surface area contributed by atoms with Crippen molar-refractivity contribution in [2.24, 2.45) is 0 Å². The minimum Gasteiger partial charge on any atom is -0.489 e. The molecule has 1 saturated heterocycles. The maximum atomic E-state index is 13.4. The van der Waals surface area contributed by atoms with E-state index in [1.54, 1.807) is 66.7 Å². The summed E-state index contributed by atoms with van der Waals surface area (Å²) in [6, 6.07) is 25.6. The summed E-state index contributed by atoms with van der Waals surface area (Å²) in [5.74, 6) is -0.856. The fourth-order valence-electron chi connectivity index (χ4n) is 3.98. The molecule has 1 fully saturated rings. The molecule has 1 aliphatic rings. The molecule has 4 aromatic rings. The van der Waals surface area contributed by atoms with Crippen molar-refractivity contribution in [3.63, 3.8) is 0 Å². The minimum absolute atomic E-state index is 0.181. The van der Waals surface area contributed by atoms with E-state index >= 15 is 0 Å². The maximum Gasteiger partial charge on any atom is 0.335 e. The number of carbonyl (C=O) groups excluding carboxylic acids is 3. The van der Waals surface area contributed by atoms with Gasteiger partial charge in [-0.15, -0.1) is 0 Å². The number of carbonyl (C=O) groups is 3. The molecule has 4 amide bonds. The third-order valence-electron chi connectivity index (χ3n) is 6.03. The normalized spacial score (nSPS) is 14.3. The second-order valence-corrected chi connectivity index (χ2v) is 9.23. The van der Waals surface area contributed by atoms with E-state index in [9.17, 15) is 18.8 Å². The number of anilines is 1. The summed E-state index contributed by atoms with van der Waals surface area (Å²) < 4.78 is 24.8. The number of ether oxygens (including phenoxy) is 2. The van der Waals surface area contributed by atoms with Crippen LogP contribution in [-0.4, -0.2) is 17.8 Å². The van der Waals surface area contributed by atoms with Crippen LogP contribution in [0.15, 0.2) is 103 Å². The Balaban J connectivity index is 1.27. The van der Waals surface area contributed by atoms with Crippen molar-refractivity contribution in [2.45, 2.75) is 13.2 Å². The Labute approximate surface area is 234 Å². The highest BCUT2D eigenvalue weighted by Crippen LogP contribution is 2.26. The van der Waals surface area contributed by atoms with Crippen molar-refractivity contribution in [3.8, 4) is 11.5 Å². The van der Waals surface area contributed by atoms with Crippen LogP contribution in [0, 0.1) is 5.82 Å². The van der Waals surface area contributed by atoms with Crippen LogP contribution in [-0.2, 0) is 22.8 Å². The summed E-state index contributed by atoms with van der Waals surface area (Å²) >= 11 is 6.16. The van der Waals surface area contributed by atoms with Gasteiger partial charge >= 0.3 is 6.03 Å². The molecule has 40 heavy (non-hydrogen) atoms. The van der Waals surface area contributed by atoms with E-state index < -0.39 is 17.8 Å². The van der Waals surface area contributed by atoms with Crippen molar-refractivity contribution >= 4 is 41.2 Å². The lowest BCUT2D eigenvalue weighted by atomic mass is 10.1. The molecule has 0 spiro atoms. The van der Waals surface area contributed by atoms with Crippen molar-refractivity contribution in [1.29, 1.82) is 0 Å². The minimum atomic E-state index is -0.849. The number of amides is 4. The summed E-state index contributed by atoms with van der Waals surface area (Å²) in [5, 5.41) is 2.80. The number of urea groups is 1. The number of nitrogens with one attached hydrogen (secondary N) is 1. The van der Waals surface area contributed by atoms with Crippen molar-refractivity contribution in [1.82, 2.24) is 5.32 Å². The highest BCUT2D eigenvalue weighted by molar-refractivity contribution is 6.39. The quantitative estimate of drug-likeness (QED) is 0.203. The first-order chi connectivity index (χ1) is 19.4. The lowest BCUT2D eigenvalue weighted by molar-refractivity contribution is -0.122. The van der Waals surface area contributed by atoms with Crippen LogP contribution in [0.25, 0.3) is 6.08 Å². The molecule has 0 bridgehead atoms. The van der Waals surface area contributed by atoms with Crippen LogP contribution in [0.4, 0.5) is 14.9 Å². The number of rotatable bonds is 8. The topological polar surface area (TPSA) is 84.9 Å². The summed E-state index contributed by atoms with van der Waals surface area (Å²) in [6.45, 7) is 0.429. The first-order valence-corrected chi connectivity index (χ1v) is 12.6. The fraction of sp³-hybridized carbons (Fsp3) is 0.0645. The first-order valence-electron chi connectivity index (χ1n) is 12.2. The van der Waals surface area contributed by atoms with Gasteiger partial charge in [-0.1, -0.05) is 54.1 Å². The molecular formula is C31H22ClFN2O5. The molecule has 7 nitrogen and oxygen atoms in total. The zero-order chi connectivity index (χ0) is 28.1. The third kappa shape index (κ3) is 6.19. The average molecular weight is 557 g/mol. The summed E-state index contributed by atoms with van der Waals surface area (Å²) in [4.78, 5) is 39.2. The van der Waals surface area contributed by atoms with Crippen LogP contribution in [0.2, 0.25) is 5.02 Å². The van der Waals surface area contributed by atoms with Gasteiger partial charge in [-0.2, -0.15) is 0 Å². The number of nitrogens with zero attached hydrogens (tertiary/aromatic N) is 1. The highest BCUT2D eigenvalue weighted by Gasteiger charge is 2.36. The predicted molar refractivity (Wildman–Crippen MR) is 148 cm³/mol. The van der Waals surface area contributed by atoms with Gasteiger partial charge in [0.2, 0.25) is 0 Å². The largest absolute Gasteiger partial charge is 0.489 e. The Bertz CT molecular complexity index is 1600. The molecule has 1 aliphatic heterocycles. The zero-order valence-electron chi connectivity index (χ0n) is 21.0. The standard InChI is InChI=1S/C31H22ClFN2O5/c32-28-7-2-1-5-22(28)19-40-26-14-10-24(11-15-26)35-30(37)27(29(36)34-31(35)38)17-20-8-12-25(13-9-20)39-18-21-4-3-6-23(33)16-21/h1-17H,18-19H2,(H,34,36,38)/b27-17+. The van der Waals surface area contributed by atoms with E-state index in [2.05, 4.69) is 5.32 Å². The molecule has 0 radical (unpaired) electrons. The van der Waals surface area contributed by atoms with Crippen molar-refractivity contribution in [2.75, 3.05) is 4.90 Å². The monoisotopic (exact) mass is 556 g/mol. The Morgan fingerprint density at radius 2 is 1.48 bits per heavy atom. The second kappa shape index (κ2) is 11.8. The van der Waals surface area contributed by atoms with Gasteiger partial charge in [-0.25, -0.2) is 14.1 Å². The van der Waals surface area contributed by atoms with Crippen LogP contribution in [0.3, 0.4) is 0 Å². The first kappa shape index (κ1) is 26.6. The Kier molecular flexibility index (Phi) is 7.89. The number of hydrogen-bond donors (Lipinski definition) is 1. The van der Waals surface area contributed by atoms with Gasteiger partial charge in [0.15, 0.2) is 0 Å². The fourth-order valence-corrected chi connectivity index (χ4v) is 4.17. The third-order valence-corrected chi connectivity index (χ3v) is 6.40. The number of barbiturate groups is 1. The van der Waals surface area contributed by atoms with E-state index in [0.29, 0.717) is 27.6 Å². The molecule has 0 atom stereocenters. The predicted octanol–water partition coefficient (Wildman–Crippen LogP) is 6.30. The van der Waals surface area contributed by atoms with Crippen LogP contribution < -0.4 is 19.7 Å². The van der Waals surface area contributed by atoms with E-state index in [1.807, 2.05) is 18.2 Å². The molecule has 1 heterocycles. The molecule has 5 rings (SSSR count). The SMILES string of the molecule is O=C1NC(=O)N(c2ccc(OCc3ccccc3Cl)cc2)C(=O)/C1=C/c1ccc(OCc2cccc(F)c2)cc1. The van der Waals surface area contributed by atoms with Gasteiger partial charge in [0, 0.05) is 10.6 Å². The molecule has 0 unspecified atom stereocenters. The molecule has 9 heteroatoms. The lowest BCUT2D eigenvalue weighted by Gasteiger charge is -2.26. The van der Waals surface area contributed by atoms with Crippen LogP contribution in [0.1, 0.15) is 16.7 Å². The van der Waals surface area contributed by atoms with E-state index in [1.165, 1.54) is 18.2 Å². The van der Waals surface area contributed by atoms with E-state index in [0.717, 1.165) is 10.5 Å². The van der Waals surface area contributed by atoms with Gasteiger partial charge < -0.3 is 9.47 Å². The summed E-state index contributed by atoms with van der Waals surface area (Å²) in [5.41, 5.74) is 2.12. The van der Waals surface area contributed by atoms with Crippen LogP contribution >= 0.6 is 11.6 Å². The lowest BCUT2D eigenvalue weighted by Crippen LogP contribution is -2.54. The van der Waals surface area contributed by atoms with Gasteiger partial charge in [-0.3, -0.25) is 14.9 Å². The second-order valence-electron chi connectivity index (χ2n) is 8.82. The summed E-state index contributed by atoms with van der Waals surface area (Å²) in [7, 11) is 0. The summed E-state index contributed by atoms with van der Waals surface area (Å²) in [6.07, 6.45) is 1.40. The molecule has 1 N–H and O–H groups in total. The Morgan fingerprint density at radius 3 is 2.17 bits per heavy atom. The Hall–Kier alpha value is -4.95. The number of benzene rings is 4. The van der Waals surface area contributed by atoms with Gasteiger partial charge in [-0.05, 0) is 71.8 Å². The van der Waals surface area contributed by atoms with Gasteiger partial charge in [0.05, 0.1) is 5.69 Å². The molecule has 0 aliphatic carbocycles. The molecule has 0 aromatic heterocycles. The van der Waals surface area contributed by atoms with Crippen LogP contribution in [0.5, 0.6) is 11.5 Å².